The van der Waals surface area contributed by atoms with Crippen molar-refractivity contribution < 1.29 is 24.0 Å². The van der Waals surface area contributed by atoms with Crippen molar-refractivity contribution in [3.05, 3.63) is 99.0 Å². The summed E-state index contributed by atoms with van der Waals surface area (Å²) in [6.07, 6.45) is 1.39. The number of carbonyl (C=O) groups is 2. The highest BCUT2D eigenvalue weighted by Gasteiger charge is 2.48. The molecule has 2 heterocycles. The van der Waals surface area contributed by atoms with Gasteiger partial charge < -0.3 is 9.52 Å². The molecule has 1 aliphatic heterocycles. The van der Waals surface area contributed by atoms with E-state index in [9.17, 15) is 24.8 Å². The lowest BCUT2D eigenvalue weighted by molar-refractivity contribution is -0.384. The van der Waals surface area contributed by atoms with E-state index in [0.717, 1.165) is 0 Å². The third kappa shape index (κ3) is 3.23. The Kier molecular flexibility index (Phi) is 4.85. The van der Waals surface area contributed by atoms with Gasteiger partial charge in [0.15, 0.2) is 0 Å². The number of Topliss-reactive ketones (excluding diaryl/α,β-unsaturated/α-hetero) is 1. The van der Waals surface area contributed by atoms with Gasteiger partial charge in [0.1, 0.15) is 17.6 Å². The summed E-state index contributed by atoms with van der Waals surface area (Å²) < 4.78 is 5.45. The molecular formula is C21H13ClN2O6. The van der Waals surface area contributed by atoms with Gasteiger partial charge >= 0.3 is 0 Å². The number of nitrogens with zero attached hydrogens (tertiary/aromatic N) is 2. The zero-order chi connectivity index (χ0) is 21.4. The zero-order valence-electron chi connectivity index (χ0n) is 15.2. The second-order valence-electron chi connectivity index (χ2n) is 6.46. The van der Waals surface area contributed by atoms with Gasteiger partial charge in [-0.15, -0.1) is 0 Å². The number of non-ortho nitro benzene ring substituents is 1. The van der Waals surface area contributed by atoms with E-state index in [-0.39, 0.29) is 22.6 Å². The molecule has 1 amide bonds. The lowest BCUT2D eigenvalue weighted by atomic mass is 9.99. The van der Waals surface area contributed by atoms with E-state index in [4.69, 9.17) is 16.0 Å². The fourth-order valence-electron chi connectivity index (χ4n) is 3.31. The number of furan rings is 1. The topological polar surface area (TPSA) is 114 Å². The second kappa shape index (κ2) is 7.49. The number of aliphatic hydroxyl groups excluding tert-OH is 1. The molecule has 1 aromatic heterocycles. The highest BCUT2D eigenvalue weighted by atomic mass is 35.5. The van der Waals surface area contributed by atoms with Crippen LogP contribution < -0.4 is 4.90 Å². The Morgan fingerprint density at radius 1 is 1.07 bits per heavy atom. The molecule has 0 aliphatic carbocycles. The van der Waals surface area contributed by atoms with Gasteiger partial charge in [-0.05, 0) is 48.5 Å². The molecule has 1 fully saturated rings. The quantitative estimate of drug-likeness (QED) is 0.217. The molecule has 3 aromatic rings. The van der Waals surface area contributed by atoms with Crippen LogP contribution in [0.15, 0.2) is 76.9 Å². The van der Waals surface area contributed by atoms with E-state index in [1.165, 1.54) is 35.4 Å². The standard InChI is InChI=1S/C21H13ClN2O6/c22-13-5-9-14(10-6-13)23-18(16-2-1-11-30-16)17(20(26)21(23)27)19(25)12-3-7-15(8-4-12)24(28)29/h1-11,18,25H/b19-17-. The first kappa shape index (κ1) is 19.4. The average molecular weight is 425 g/mol. The van der Waals surface area contributed by atoms with Crippen molar-refractivity contribution >= 4 is 40.4 Å². The van der Waals surface area contributed by atoms with Crippen LogP contribution in [0.2, 0.25) is 5.02 Å². The second-order valence-corrected chi connectivity index (χ2v) is 6.90. The largest absolute Gasteiger partial charge is 0.507 e. The van der Waals surface area contributed by atoms with E-state index in [1.54, 1.807) is 36.4 Å². The number of ketones is 1. The van der Waals surface area contributed by atoms with Crippen LogP contribution in [-0.4, -0.2) is 21.7 Å². The molecule has 1 N–H and O–H groups in total. The molecule has 0 bridgehead atoms. The Balaban J connectivity index is 1.88. The van der Waals surface area contributed by atoms with E-state index in [0.29, 0.717) is 10.7 Å². The smallest absolute Gasteiger partial charge is 0.300 e. The molecule has 1 unspecified atom stereocenters. The third-order valence-electron chi connectivity index (χ3n) is 4.71. The predicted octanol–water partition coefficient (Wildman–Crippen LogP) is 4.47. The maximum Gasteiger partial charge on any atom is 0.300 e. The fourth-order valence-corrected chi connectivity index (χ4v) is 3.44. The number of anilines is 1. The Hall–Kier alpha value is -3.91. The minimum absolute atomic E-state index is 0.159. The molecule has 0 saturated carbocycles. The van der Waals surface area contributed by atoms with Gasteiger partial charge in [0.25, 0.3) is 17.4 Å². The molecule has 30 heavy (non-hydrogen) atoms. The van der Waals surface area contributed by atoms with Crippen LogP contribution in [0.1, 0.15) is 17.4 Å². The molecule has 2 aromatic carbocycles. The number of amides is 1. The number of rotatable bonds is 4. The van der Waals surface area contributed by atoms with Crippen molar-refractivity contribution in [2.75, 3.05) is 4.90 Å². The Morgan fingerprint density at radius 3 is 2.30 bits per heavy atom. The SMILES string of the molecule is O=C1C(=O)N(c2ccc(Cl)cc2)C(c2ccco2)/C1=C(/O)c1ccc([N+](=O)[O-])cc1. The van der Waals surface area contributed by atoms with Crippen molar-refractivity contribution in [3.8, 4) is 0 Å². The Labute approximate surface area is 174 Å². The maximum absolute atomic E-state index is 12.9. The molecule has 1 atom stereocenters. The third-order valence-corrected chi connectivity index (χ3v) is 4.97. The van der Waals surface area contributed by atoms with Crippen molar-refractivity contribution in [1.29, 1.82) is 0 Å². The van der Waals surface area contributed by atoms with Gasteiger partial charge in [-0.2, -0.15) is 0 Å². The fraction of sp³-hybridized carbons (Fsp3) is 0.0476. The lowest BCUT2D eigenvalue weighted by Crippen LogP contribution is -2.29. The van der Waals surface area contributed by atoms with Crippen LogP contribution in [0.4, 0.5) is 11.4 Å². The van der Waals surface area contributed by atoms with Gasteiger partial charge in [-0.25, -0.2) is 0 Å². The molecule has 0 radical (unpaired) electrons. The molecule has 150 valence electrons. The number of nitro benzene ring substituents is 1. The number of aliphatic hydroxyl groups is 1. The monoisotopic (exact) mass is 424 g/mol. The summed E-state index contributed by atoms with van der Waals surface area (Å²) in [4.78, 5) is 37.2. The van der Waals surface area contributed by atoms with Crippen molar-refractivity contribution in [2.45, 2.75) is 6.04 Å². The molecular weight excluding hydrogens is 412 g/mol. The van der Waals surface area contributed by atoms with E-state index < -0.39 is 28.4 Å². The summed E-state index contributed by atoms with van der Waals surface area (Å²) in [7, 11) is 0. The van der Waals surface area contributed by atoms with Crippen molar-refractivity contribution in [1.82, 2.24) is 0 Å². The van der Waals surface area contributed by atoms with Gasteiger partial charge in [0.2, 0.25) is 0 Å². The van der Waals surface area contributed by atoms with Crippen LogP contribution in [0, 0.1) is 10.1 Å². The number of hydrogen-bond acceptors (Lipinski definition) is 6. The van der Waals surface area contributed by atoms with Crippen LogP contribution in [0.25, 0.3) is 5.76 Å². The van der Waals surface area contributed by atoms with Crippen LogP contribution in [0.3, 0.4) is 0 Å². The van der Waals surface area contributed by atoms with Gasteiger partial charge in [0.05, 0.1) is 16.8 Å². The first-order valence-corrected chi connectivity index (χ1v) is 9.11. The maximum atomic E-state index is 12.9. The molecule has 1 aliphatic rings. The predicted molar refractivity (Wildman–Crippen MR) is 108 cm³/mol. The molecule has 8 nitrogen and oxygen atoms in total. The van der Waals surface area contributed by atoms with Gasteiger partial charge in [0, 0.05) is 28.4 Å². The van der Waals surface area contributed by atoms with Crippen LogP contribution in [0.5, 0.6) is 0 Å². The van der Waals surface area contributed by atoms with Crippen molar-refractivity contribution in [3.63, 3.8) is 0 Å². The molecule has 1 saturated heterocycles. The highest BCUT2D eigenvalue weighted by molar-refractivity contribution is 6.51. The Bertz CT molecular complexity index is 1170. The van der Waals surface area contributed by atoms with E-state index >= 15 is 0 Å². The number of halogens is 1. The summed E-state index contributed by atoms with van der Waals surface area (Å²) in [5, 5.41) is 22.2. The lowest BCUT2D eigenvalue weighted by Gasteiger charge is -2.23. The summed E-state index contributed by atoms with van der Waals surface area (Å²) >= 11 is 5.93. The molecule has 9 heteroatoms. The number of nitro groups is 1. The molecule has 4 rings (SSSR count). The summed E-state index contributed by atoms with van der Waals surface area (Å²) in [5.74, 6) is -1.93. The zero-order valence-corrected chi connectivity index (χ0v) is 15.9. The Morgan fingerprint density at radius 2 is 1.73 bits per heavy atom. The summed E-state index contributed by atoms with van der Waals surface area (Å²) in [6, 6.07) is 13.5. The first-order chi connectivity index (χ1) is 14.4. The van der Waals surface area contributed by atoms with Crippen LogP contribution in [-0.2, 0) is 9.59 Å². The molecule has 0 spiro atoms. The van der Waals surface area contributed by atoms with Gasteiger partial charge in [-0.3, -0.25) is 24.6 Å². The first-order valence-electron chi connectivity index (χ1n) is 8.73. The summed E-state index contributed by atoms with van der Waals surface area (Å²) in [5.41, 5.74) is 0.200. The average Bonchev–Trinajstić information content (AvgIpc) is 3.36. The normalized spacial score (nSPS) is 18.0. The number of hydrogen-bond donors (Lipinski definition) is 1. The van der Waals surface area contributed by atoms with E-state index in [1.807, 2.05) is 0 Å². The minimum atomic E-state index is -1.02. The van der Waals surface area contributed by atoms with Gasteiger partial charge in [-0.1, -0.05) is 11.6 Å². The minimum Gasteiger partial charge on any atom is -0.507 e. The summed E-state index contributed by atoms with van der Waals surface area (Å²) in [6.45, 7) is 0. The van der Waals surface area contributed by atoms with E-state index in [2.05, 4.69) is 0 Å². The van der Waals surface area contributed by atoms with Crippen LogP contribution >= 0.6 is 11.6 Å². The van der Waals surface area contributed by atoms with Crippen molar-refractivity contribution in [2.24, 2.45) is 0 Å². The highest BCUT2D eigenvalue weighted by Crippen LogP contribution is 2.42. The number of carbonyl (C=O) groups excluding carboxylic acids is 2. The number of benzene rings is 2.